The summed E-state index contributed by atoms with van der Waals surface area (Å²) in [5.74, 6) is 0. The highest BCUT2D eigenvalue weighted by molar-refractivity contribution is 6.74. The molecule has 1 fully saturated rings. The van der Waals surface area contributed by atoms with Crippen LogP contribution < -0.4 is 0 Å². The standard InChI is InChI=1S/C7H16OSi/c1-6-4-5-7(2)9(6,3)8/h6-8H,4-5H2,1-3H3. The maximum Gasteiger partial charge on any atom is 0.191 e. The minimum absolute atomic E-state index is 0.632. The minimum Gasteiger partial charge on any atom is -0.431 e. The lowest BCUT2D eigenvalue weighted by Gasteiger charge is -2.23. The molecule has 2 heteroatoms. The third kappa shape index (κ3) is 1.06. The summed E-state index contributed by atoms with van der Waals surface area (Å²) in [6.45, 7) is 6.47. The van der Waals surface area contributed by atoms with E-state index >= 15 is 0 Å². The third-order valence-electron chi connectivity index (χ3n) is 3.03. The smallest absolute Gasteiger partial charge is 0.191 e. The Bertz CT molecular complexity index is 99.5. The zero-order valence-corrected chi connectivity index (χ0v) is 7.52. The second-order valence-corrected chi connectivity index (χ2v) is 8.03. The average Bonchev–Trinajstić information content (AvgIpc) is 1.96. The van der Waals surface area contributed by atoms with Gasteiger partial charge in [0, 0.05) is 0 Å². The summed E-state index contributed by atoms with van der Waals surface area (Å²) in [6, 6.07) is 0. The molecule has 1 saturated heterocycles. The van der Waals surface area contributed by atoms with Crippen LogP contribution in [0.25, 0.3) is 0 Å². The summed E-state index contributed by atoms with van der Waals surface area (Å²) in [6.07, 6.45) is 2.50. The Balaban J connectivity index is 2.66. The molecule has 0 spiro atoms. The first-order valence-corrected chi connectivity index (χ1v) is 6.37. The predicted molar refractivity (Wildman–Crippen MR) is 41.9 cm³/mol. The number of rotatable bonds is 0. The molecule has 0 aromatic heterocycles. The monoisotopic (exact) mass is 144 g/mol. The second-order valence-electron chi connectivity index (χ2n) is 3.61. The second kappa shape index (κ2) is 2.10. The summed E-state index contributed by atoms with van der Waals surface area (Å²) in [7, 11) is -1.75. The summed E-state index contributed by atoms with van der Waals surface area (Å²) in [4.78, 5) is 9.87. The van der Waals surface area contributed by atoms with Gasteiger partial charge in [-0.25, -0.2) is 0 Å². The van der Waals surface area contributed by atoms with Crippen molar-refractivity contribution < 1.29 is 4.80 Å². The van der Waals surface area contributed by atoms with Crippen LogP contribution >= 0.6 is 0 Å². The molecule has 1 heterocycles. The molecule has 0 radical (unpaired) electrons. The van der Waals surface area contributed by atoms with Crippen LogP contribution in [0.3, 0.4) is 0 Å². The minimum atomic E-state index is -1.75. The maximum absolute atomic E-state index is 9.87. The Hall–Kier alpha value is 0.177. The van der Waals surface area contributed by atoms with Gasteiger partial charge in [-0.2, -0.15) is 0 Å². The van der Waals surface area contributed by atoms with Crippen molar-refractivity contribution >= 4 is 8.32 Å². The van der Waals surface area contributed by atoms with Gasteiger partial charge in [0.15, 0.2) is 8.32 Å². The van der Waals surface area contributed by atoms with E-state index in [1.54, 1.807) is 0 Å². The molecule has 9 heavy (non-hydrogen) atoms. The highest BCUT2D eigenvalue weighted by Gasteiger charge is 2.42. The van der Waals surface area contributed by atoms with Crippen molar-refractivity contribution in [3.8, 4) is 0 Å². The zero-order valence-electron chi connectivity index (χ0n) is 6.52. The molecule has 1 aliphatic rings. The quantitative estimate of drug-likeness (QED) is 0.516. The predicted octanol–water partition coefficient (Wildman–Crippen LogP) is 2.13. The van der Waals surface area contributed by atoms with Crippen LogP contribution in [0.4, 0.5) is 0 Å². The van der Waals surface area contributed by atoms with Crippen molar-refractivity contribution in [3.63, 3.8) is 0 Å². The van der Waals surface area contributed by atoms with E-state index in [0.29, 0.717) is 11.1 Å². The third-order valence-corrected chi connectivity index (χ3v) is 7.60. The van der Waals surface area contributed by atoms with E-state index < -0.39 is 8.32 Å². The van der Waals surface area contributed by atoms with Gasteiger partial charge in [0.1, 0.15) is 0 Å². The first-order valence-electron chi connectivity index (χ1n) is 3.77. The van der Waals surface area contributed by atoms with Crippen molar-refractivity contribution in [2.24, 2.45) is 0 Å². The van der Waals surface area contributed by atoms with Crippen LogP contribution in [0.5, 0.6) is 0 Å². The van der Waals surface area contributed by atoms with Gasteiger partial charge >= 0.3 is 0 Å². The summed E-state index contributed by atoms with van der Waals surface area (Å²) < 4.78 is 0. The molecule has 0 aliphatic carbocycles. The first-order chi connectivity index (χ1) is 4.05. The average molecular weight is 144 g/mol. The molecule has 0 bridgehead atoms. The van der Waals surface area contributed by atoms with Crippen LogP contribution in [-0.4, -0.2) is 13.1 Å². The normalized spacial score (nSPS) is 52.0. The zero-order chi connectivity index (χ0) is 7.07. The van der Waals surface area contributed by atoms with E-state index in [0.717, 1.165) is 0 Å². The van der Waals surface area contributed by atoms with Crippen LogP contribution in [0.1, 0.15) is 26.7 Å². The Morgan fingerprint density at radius 3 is 1.67 bits per heavy atom. The Morgan fingerprint density at radius 2 is 1.56 bits per heavy atom. The Labute approximate surface area is 58.2 Å². The lowest BCUT2D eigenvalue weighted by Crippen LogP contribution is -2.34. The fraction of sp³-hybridized carbons (Fsp3) is 1.00. The fourth-order valence-corrected chi connectivity index (χ4v) is 4.04. The van der Waals surface area contributed by atoms with Crippen molar-refractivity contribution in [2.75, 3.05) is 0 Å². The molecule has 0 aromatic carbocycles. The van der Waals surface area contributed by atoms with E-state index in [4.69, 9.17) is 0 Å². The number of hydrogen-bond acceptors (Lipinski definition) is 1. The van der Waals surface area contributed by atoms with E-state index in [9.17, 15) is 4.80 Å². The van der Waals surface area contributed by atoms with E-state index in [1.165, 1.54) is 12.8 Å². The van der Waals surface area contributed by atoms with Gasteiger partial charge in [0.05, 0.1) is 0 Å². The van der Waals surface area contributed by atoms with Gasteiger partial charge in [-0.3, -0.25) is 0 Å². The van der Waals surface area contributed by atoms with E-state index in [1.807, 2.05) is 0 Å². The first kappa shape index (κ1) is 7.29. The molecular formula is C7H16OSi. The number of hydrogen-bond donors (Lipinski definition) is 1. The SMILES string of the molecule is CC1CCC(C)[Si]1(C)O. The summed E-state index contributed by atoms with van der Waals surface area (Å²) in [5.41, 5.74) is 1.26. The van der Waals surface area contributed by atoms with Crippen molar-refractivity contribution in [3.05, 3.63) is 0 Å². The topological polar surface area (TPSA) is 20.2 Å². The molecule has 0 saturated carbocycles. The molecular weight excluding hydrogens is 128 g/mol. The molecule has 1 N–H and O–H groups in total. The highest BCUT2D eigenvalue weighted by atomic mass is 28.4. The van der Waals surface area contributed by atoms with Gasteiger partial charge in [0.25, 0.3) is 0 Å². The molecule has 0 amide bonds. The molecule has 1 rings (SSSR count). The lowest BCUT2D eigenvalue weighted by atomic mass is 10.2. The molecule has 2 unspecified atom stereocenters. The molecule has 0 aromatic rings. The molecule has 1 nitrogen and oxygen atoms in total. The Kier molecular flexibility index (Phi) is 1.70. The van der Waals surface area contributed by atoms with Crippen LogP contribution in [-0.2, 0) is 0 Å². The maximum atomic E-state index is 9.87. The van der Waals surface area contributed by atoms with Gasteiger partial charge in [-0.05, 0) is 17.6 Å². The van der Waals surface area contributed by atoms with Gasteiger partial charge in [0.2, 0.25) is 0 Å². The Morgan fingerprint density at radius 1 is 1.22 bits per heavy atom. The molecule has 54 valence electrons. The van der Waals surface area contributed by atoms with E-state index in [-0.39, 0.29) is 0 Å². The fourth-order valence-electron chi connectivity index (χ4n) is 1.57. The molecule has 1 aliphatic heterocycles. The van der Waals surface area contributed by atoms with Crippen molar-refractivity contribution in [1.29, 1.82) is 0 Å². The summed E-state index contributed by atoms with van der Waals surface area (Å²) >= 11 is 0. The van der Waals surface area contributed by atoms with Gasteiger partial charge < -0.3 is 4.80 Å². The van der Waals surface area contributed by atoms with Crippen LogP contribution in [0, 0.1) is 0 Å². The van der Waals surface area contributed by atoms with Gasteiger partial charge in [-0.15, -0.1) is 0 Å². The lowest BCUT2D eigenvalue weighted by molar-refractivity contribution is 0.519. The van der Waals surface area contributed by atoms with Crippen LogP contribution in [0.15, 0.2) is 0 Å². The largest absolute Gasteiger partial charge is 0.431 e. The van der Waals surface area contributed by atoms with E-state index in [2.05, 4.69) is 20.4 Å². The molecule has 2 atom stereocenters. The highest BCUT2D eigenvalue weighted by Crippen LogP contribution is 2.44. The van der Waals surface area contributed by atoms with Crippen molar-refractivity contribution in [2.45, 2.75) is 44.3 Å². The van der Waals surface area contributed by atoms with Crippen molar-refractivity contribution in [1.82, 2.24) is 0 Å². The van der Waals surface area contributed by atoms with Gasteiger partial charge in [-0.1, -0.05) is 26.7 Å². The van der Waals surface area contributed by atoms with Crippen LogP contribution in [0.2, 0.25) is 17.6 Å². The summed E-state index contributed by atoms with van der Waals surface area (Å²) in [5, 5.41) is 0.